The molecule has 5 nitrogen and oxygen atoms in total. The number of H-pyrrole nitrogens is 1. The Bertz CT molecular complexity index is 1080. The molecule has 0 unspecified atom stereocenters. The van der Waals surface area contributed by atoms with Crippen molar-refractivity contribution in [3.63, 3.8) is 0 Å². The predicted octanol–water partition coefficient (Wildman–Crippen LogP) is 3.84. The highest BCUT2D eigenvalue weighted by atomic mass is 14.9. The Labute approximate surface area is 144 Å². The molecule has 0 aliphatic carbocycles. The van der Waals surface area contributed by atoms with Crippen LogP contribution in [-0.2, 0) is 6.42 Å². The molecule has 1 aliphatic rings. The largest absolute Gasteiger partial charge is 0.384 e. The summed E-state index contributed by atoms with van der Waals surface area (Å²) in [6, 6.07) is 12.5. The van der Waals surface area contributed by atoms with E-state index in [1.54, 1.807) is 6.20 Å². The zero-order valence-corrected chi connectivity index (χ0v) is 13.6. The van der Waals surface area contributed by atoms with Gasteiger partial charge in [0, 0.05) is 52.9 Å². The lowest BCUT2D eigenvalue weighted by atomic mass is 10.0. The molecule has 5 heteroatoms. The van der Waals surface area contributed by atoms with E-state index in [2.05, 4.69) is 44.5 Å². The Kier molecular flexibility index (Phi) is 3.00. The van der Waals surface area contributed by atoms with E-state index in [1.165, 1.54) is 22.4 Å². The van der Waals surface area contributed by atoms with Crippen molar-refractivity contribution in [2.24, 2.45) is 0 Å². The van der Waals surface area contributed by atoms with Gasteiger partial charge in [0.25, 0.3) is 0 Å². The van der Waals surface area contributed by atoms with Crippen molar-refractivity contribution < 1.29 is 0 Å². The lowest BCUT2D eigenvalue weighted by Gasteiger charge is -2.05. The third kappa shape index (κ3) is 2.32. The fraction of sp³-hybridized carbons (Fsp3) is 0.100. The van der Waals surface area contributed by atoms with Crippen LogP contribution in [0.5, 0.6) is 0 Å². The fourth-order valence-electron chi connectivity index (χ4n) is 3.45. The molecule has 0 atom stereocenters. The minimum Gasteiger partial charge on any atom is -0.384 e. The first-order valence-electron chi connectivity index (χ1n) is 8.34. The van der Waals surface area contributed by atoms with Gasteiger partial charge in [-0.25, -0.2) is 9.97 Å². The van der Waals surface area contributed by atoms with Gasteiger partial charge in [0.1, 0.15) is 11.5 Å². The summed E-state index contributed by atoms with van der Waals surface area (Å²) in [5.74, 6) is 0.520. The van der Waals surface area contributed by atoms with Crippen LogP contribution in [0.4, 0.5) is 11.5 Å². The van der Waals surface area contributed by atoms with E-state index in [0.29, 0.717) is 5.82 Å². The number of rotatable bonds is 2. The highest BCUT2D eigenvalue weighted by Gasteiger charge is 2.14. The number of hydrogen-bond donors (Lipinski definition) is 3. The number of nitrogen functional groups attached to an aromatic ring is 1. The second kappa shape index (κ2) is 5.34. The molecule has 0 saturated heterocycles. The molecular formula is C20H17N5. The van der Waals surface area contributed by atoms with E-state index in [0.717, 1.165) is 35.1 Å². The van der Waals surface area contributed by atoms with Crippen LogP contribution in [-0.4, -0.2) is 21.5 Å². The molecule has 0 bridgehead atoms. The summed E-state index contributed by atoms with van der Waals surface area (Å²) >= 11 is 0. The number of anilines is 2. The Morgan fingerprint density at radius 3 is 2.68 bits per heavy atom. The number of benzene rings is 1. The van der Waals surface area contributed by atoms with Crippen molar-refractivity contribution in [3.8, 4) is 22.3 Å². The molecule has 4 heterocycles. The average molecular weight is 327 g/mol. The summed E-state index contributed by atoms with van der Waals surface area (Å²) in [6.45, 7) is 1.02. The van der Waals surface area contributed by atoms with Crippen LogP contribution in [0.25, 0.3) is 33.3 Å². The Hall–Kier alpha value is -3.34. The second-order valence-corrected chi connectivity index (χ2v) is 6.34. The van der Waals surface area contributed by atoms with Crippen molar-refractivity contribution in [3.05, 3.63) is 60.6 Å². The molecular weight excluding hydrogens is 310 g/mol. The van der Waals surface area contributed by atoms with Gasteiger partial charge in [-0.3, -0.25) is 0 Å². The molecule has 1 aliphatic heterocycles. The molecule has 5 rings (SSSR count). The smallest absolute Gasteiger partial charge is 0.137 e. The van der Waals surface area contributed by atoms with Gasteiger partial charge in [0.05, 0.1) is 0 Å². The van der Waals surface area contributed by atoms with E-state index in [9.17, 15) is 0 Å². The first-order valence-corrected chi connectivity index (χ1v) is 8.34. The molecule has 0 saturated carbocycles. The zero-order chi connectivity index (χ0) is 16.8. The van der Waals surface area contributed by atoms with E-state index in [-0.39, 0.29) is 0 Å². The molecule has 0 radical (unpaired) electrons. The molecule has 4 aromatic rings. The van der Waals surface area contributed by atoms with E-state index in [4.69, 9.17) is 5.73 Å². The first kappa shape index (κ1) is 14.0. The van der Waals surface area contributed by atoms with Crippen LogP contribution in [0.1, 0.15) is 5.56 Å². The lowest BCUT2D eigenvalue weighted by Crippen LogP contribution is -1.90. The molecule has 25 heavy (non-hydrogen) atoms. The summed E-state index contributed by atoms with van der Waals surface area (Å²) in [7, 11) is 0. The van der Waals surface area contributed by atoms with Crippen LogP contribution in [0.2, 0.25) is 0 Å². The van der Waals surface area contributed by atoms with Crippen molar-refractivity contribution in [1.82, 2.24) is 15.0 Å². The van der Waals surface area contributed by atoms with Gasteiger partial charge < -0.3 is 16.0 Å². The van der Waals surface area contributed by atoms with Crippen LogP contribution in [0.3, 0.4) is 0 Å². The van der Waals surface area contributed by atoms with Crippen LogP contribution in [0, 0.1) is 0 Å². The molecule has 0 fully saturated rings. The normalized spacial score (nSPS) is 13.0. The summed E-state index contributed by atoms with van der Waals surface area (Å²) in [6.07, 6.45) is 6.76. The average Bonchev–Trinajstić information content (AvgIpc) is 3.27. The molecule has 1 aromatic carbocycles. The first-order chi connectivity index (χ1) is 12.3. The highest BCUT2D eigenvalue weighted by molar-refractivity contribution is 5.96. The number of nitrogens with zero attached hydrogens (tertiary/aromatic N) is 2. The van der Waals surface area contributed by atoms with Gasteiger partial charge in [0.15, 0.2) is 0 Å². The number of fused-ring (bicyclic) bond motifs is 2. The third-order valence-corrected chi connectivity index (χ3v) is 4.78. The maximum atomic E-state index is 5.69. The van der Waals surface area contributed by atoms with Gasteiger partial charge in [-0.2, -0.15) is 0 Å². The zero-order valence-electron chi connectivity index (χ0n) is 13.6. The summed E-state index contributed by atoms with van der Waals surface area (Å²) in [5, 5.41) is 4.52. The second-order valence-electron chi connectivity index (χ2n) is 6.34. The number of hydrogen-bond acceptors (Lipinski definition) is 4. The number of nitrogens with two attached hydrogens (primary N) is 1. The topological polar surface area (TPSA) is 79.6 Å². The minimum absolute atomic E-state index is 0.520. The maximum Gasteiger partial charge on any atom is 0.137 e. The summed E-state index contributed by atoms with van der Waals surface area (Å²) < 4.78 is 0. The SMILES string of the molecule is Nc1ccc(-c2cnc3[nH]cc(-c4ccc5c(c4)CCN5)c3c2)cn1. The van der Waals surface area contributed by atoms with Crippen LogP contribution >= 0.6 is 0 Å². The van der Waals surface area contributed by atoms with Crippen molar-refractivity contribution in [1.29, 1.82) is 0 Å². The monoisotopic (exact) mass is 327 g/mol. The van der Waals surface area contributed by atoms with E-state index >= 15 is 0 Å². The predicted molar refractivity (Wildman–Crippen MR) is 101 cm³/mol. The van der Waals surface area contributed by atoms with Gasteiger partial charge in [-0.05, 0) is 47.9 Å². The van der Waals surface area contributed by atoms with E-state index in [1.807, 2.05) is 24.5 Å². The minimum atomic E-state index is 0.520. The molecule has 0 spiro atoms. The lowest BCUT2D eigenvalue weighted by molar-refractivity contribution is 1.11. The van der Waals surface area contributed by atoms with Gasteiger partial charge >= 0.3 is 0 Å². The Balaban J connectivity index is 1.64. The highest BCUT2D eigenvalue weighted by Crippen LogP contribution is 2.34. The third-order valence-electron chi connectivity index (χ3n) is 4.78. The maximum absolute atomic E-state index is 5.69. The summed E-state index contributed by atoms with van der Waals surface area (Å²) in [5.41, 5.74) is 13.6. The molecule has 0 amide bonds. The fourth-order valence-corrected chi connectivity index (χ4v) is 3.45. The number of aromatic amines is 1. The van der Waals surface area contributed by atoms with E-state index < -0.39 is 0 Å². The molecule has 3 aromatic heterocycles. The van der Waals surface area contributed by atoms with Crippen LogP contribution < -0.4 is 11.1 Å². The number of aromatic nitrogens is 3. The molecule has 4 N–H and O–H groups in total. The molecule has 122 valence electrons. The van der Waals surface area contributed by atoms with Crippen LogP contribution in [0.15, 0.2) is 55.0 Å². The van der Waals surface area contributed by atoms with Gasteiger partial charge in [-0.1, -0.05) is 6.07 Å². The van der Waals surface area contributed by atoms with Crippen molar-refractivity contribution >= 4 is 22.5 Å². The van der Waals surface area contributed by atoms with Gasteiger partial charge in [-0.15, -0.1) is 0 Å². The number of pyridine rings is 2. The van der Waals surface area contributed by atoms with Gasteiger partial charge in [0.2, 0.25) is 0 Å². The Morgan fingerprint density at radius 1 is 0.920 bits per heavy atom. The standard InChI is InChI=1S/C20H17N5/c21-19-4-2-14(9-23-19)15-8-16-17(11-25-20(16)24-10-15)12-1-3-18-13(7-12)5-6-22-18/h1-4,7-11,22H,5-6H2,(H2,21,23)(H,24,25). The Morgan fingerprint density at radius 2 is 1.80 bits per heavy atom. The van der Waals surface area contributed by atoms with Crippen molar-refractivity contribution in [2.45, 2.75) is 6.42 Å². The number of nitrogens with one attached hydrogen (secondary N) is 2. The quantitative estimate of drug-likeness (QED) is 0.522. The summed E-state index contributed by atoms with van der Waals surface area (Å²) in [4.78, 5) is 12.0. The van der Waals surface area contributed by atoms with Crippen molar-refractivity contribution in [2.75, 3.05) is 17.6 Å².